The molecule has 4 heteroatoms. The largest absolute Gasteiger partial charge is 0.353 e. The number of rotatable bonds is 4. The van der Waals surface area contributed by atoms with E-state index >= 15 is 0 Å². The Morgan fingerprint density at radius 2 is 2.25 bits per heavy atom. The fourth-order valence-corrected chi connectivity index (χ4v) is 1.69. The summed E-state index contributed by atoms with van der Waals surface area (Å²) in [6.45, 7) is 0.697. The lowest BCUT2D eigenvalue weighted by atomic mass is 10.2. The van der Waals surface area contributed by atoms with Crippen LogP contribution >= 0.6 is 0 Å². The van der Waals surface area contributed by atoms with E-state index in [0.717, 1.165) is 18.7 Å². The zero-order valence-corrected chi connectivity index (χ0v) is 8.93. The van der Waals surface area contributed by atoms with Crippen molar-refractivity contribution in [2.75, 3.05) is 11.4 Å². The van der Waals surface area contributed by atoms with Crippen LogP contribution in [0.4, 0.5) is 5.82 Å². The summed E-state index contributed by atoms with van der Waals surface area (Å²) in [6.07, 6.45) is 4.46. The molecule has 1 aliphatic rings. The Bertz CT molecular complexity index is 451. The van der Waals surface area contributed by atoms with Gasteiger partial charge in [-0.2, -0.15) is 10.5 Å². The molecule has 1 saturated carbocycles. The Balaban J connectivity index is 2.18. The third-order valence-corrected chi connectivity index (χ3v) is 2.62. The molecule has 1 aromatic rings. The van der Waals surface area contributed by atoms with E-state index in [4.69, 9.17) is 10.5 Å². The van der Waals surface area contributed by atoms with Crippen molar-refractivity contribution in [1.29, 1.82) is 10.5 Å². The number of nitrogens with zero attached hydrogens (tertiary/aromatic N) is 4. The van der Waals surface area contributed by atoms with Crippen LogP contribution < -0.4 is 4.90 Å². The van der Waals surface area contributed by atoms with Gasteiger partial charge in [0, 0.05) is 18.8 Å². The molecule has 0 radical (unpaired) electrons. The van der Waals surface area contributed by atoms with Crippen molar-refractivity contribution < 1.29 is 0 Å². The molecule has 80 valence electrons. The van der Waals surface area contributed by atoms with Crippen LogP contribution in [0.1, 0.15) is 24.8 Å². The molecule has 1 fully saturated rings. The van der Waals surface area contributed by atoms with Crippen LogP contribution in [0.15, 0.2) is 18.3 Å². The zero-order valence-electron chi connectivity index (χ0n) is 8.93. The lowest BCUT2D eigenvalue weighted by Crippen LogP contribution is -2.27. The zero-order chi connectivity index (χ0) is 11.4. The molecule has 0 amide bonds. The van der Waals surface area contributed by atoms with Crippen LogP contribution in [0.2, 0.25) is 0 Å². The summed E-state index contributed by atoms with van der Waals surface area (Å²) in [5.74, 6) is 0.816. The molecular formula is C12H12N4. The number of aromatic nitrogens is 1. The molecule has 0 saturated heterocycles. The van der Waals surface area contributed by atoms with Gasteiger partial charge in [0.15, 0.2) is 0 Å². The van der Waals surface area contributed by atoms with E-state index in [1.165, 1.54) is 0 Å². The minimum Gasteiger partial charge on any atom is -0.353 e. The van der Waals surface area contributed by atoms with Crippen molar-refractivity contribution in [3.63, 3.8) is 0 Å². The van der Waals surface area contributed by atoms with Crippen LogP contribution in [0.25, 0.3) is 0 Å². The summed E-state index contributed by atoms with van der Waals surface area (Å²) < 4.78 is 0. The minimum atomic E-state index is 0.495. The molecule has 0 N–H and O–H groups in total. The second kappa shape index (κ2) is 4.63. The van der Waals surface area contributed by atoms with Crippen molar-refractivity contribution in [3.8, 4) is 12.1 Å². The van der Waals surface area contributed by atoms with Gasteiger partial charge in [-0.25, -0.2) is 4.98 Å². The van der Waals surface area contributed by atoms with Crippen LogP contribution in [0, 0.1) is 22.7 Å². The topological polar surface area (TPSA) is 63.7 Å². The van der Waals surface area contributed by atoms with E-state index in [0.29, 0.717) is 24.6 Å². The van der Waals surface area contributed by atoms with E-state index in [1.54, 1.807) is 18.3 Å². The monoisotopic (exact) mass is 212 g/mol. The van der Waals surface area contributed by atoms with Crippen molar-refractivity contribution >= 4 is 5.82 Å². The molecule has 4 nitrogen and oxygen atoms in total. The Morgan fingerprint density at radius 3 is 2.88 bits per heavy atom. The SMILES string of the molecule is N#CCCN(c1cc(C#N)ccn1)C1CC1. The van der Waals surface area contributed by atoms with Gasteiger partial charge in [0.2, 0.25) is 0 Å². The Morgan fingerprint density at radius 1 is 1.44 bits per heavy atom. The average Bonchev–Trinajstić information content (AvgIpc) is 3.14. The van der Waals surface area contributed by atoms with E-state index in [-0.39, 0.29) is 0 Å². The summed E-state index contributed by atoms with van der Waals surface area (Å²) in [6, 6.07) is 8.24. The highest BCUT2D eigenvalue weighted by molar-refractivity contribution is 5.46. The van der Waals surface area contributed by atoms with Gasteiger partial charge in [0.1, 0.15) is 5.82 Å². The maximum atomic E-state index is 8.83. The van der Waals surface area contributed by atoms with E-state index in [1.807, 2.05) is 0 Å². The number of hydrogen-bond donors (Lipinski definition) is 0. The summed E-state index contributed by atoms with van der Waals surface area (Å²) >= 11 is 0. The van der Waals surface area contributed by atoms with Crippen molar-refractivity contribution in [3.05, 3.63) is 23.9 Å². The first kappa shape index (κ1) is 10.4. The van der Waals surface area contributed by atoms with Crippen molar-refractivity contribution in [2.45, 2.75) is 25.3 Å². The molecule has 1 aliphatic carbocycles. The van der Waals surface area contributed by atoms with Gasteiger partial charge < -0.3 is 4.90 Å². The van der Waals surface area contributed by atoms with Gasteiger partial charge in [0.25, 0.3) is 0 Å². The molecule has 0 aliphatic heterocycles. The molecule has 0 atom stereocenters. The highest BCUT2D eigenvalue weighted by atomic mass is 15.2. The highest BCUT2D eigenvalue weighted by Gasteiger charge is 2.29. The number of pyridine rings is 1. The maximum Gasteiger partial charge on any atom is 0.130 e. The van der Waals surface area contributed by atoms with Crippen LogP contribution in [0.5, 0.6) is 0 Å². The molecule has 16 heavy (non-hydrogen) atoms. The highest BCUT2D eigenvalue weighted by Crippen LogP contribution is 2.30. The lowest BCUT2D eigenvalue weighted by Gasteiger charge is -2.22. The van der Waals surface area contributed by atoms with Gasteiger partial charge in [0.05, 0.1) is 24.1 Å². The minimum absolute atomic E-state index is 0.495. The predicted octanol–water partition coefficient (Wildman–Crippen LogP) is 1.84. The van der Waals surface area contributed by atoms with Gasteiger partial charge >= 0.3 is 0 Å². The van der Waals surface area contributed by atoms with Crippen molar-refractivity contribution in [1.82, 2.24) is 4.98 Å². The van der Waals surface area contributed by atoms with E-state index in [9.17, 15) is 0 Å². The summed E-state index contributed by atoms with van der Waals surface area (Å²) in [5.41, 5.74) is 0.618. The molecular weight excluding hydrogens is 200 g/mol. The molecule has 0 bridgehead atoms. The van der Waals surface area contributed by atoms with Gasteiger partial charge in [-0.05, 0) is 25.0 Å². The van der Waals surface area contributed by atoms with Gasteiger partial charge in [-0.1, -0.05) is 0 Å². The Hall–Kier alpha value is -2.07. The lowest BCUT2D eigenvalue weighted by molar-refractivity contribution is 0.778. The first-order valence-corrected chi connectivity index (χ1v) is 5.35. The third kappa shape index (κ3) is 2.29. The van der Waals surface area contributed by atoms with Crippen LogP contribution in [-0.2, 0) is 0 Å². The molecule has 1 heterocycles. The normalized spacial score (nSPS) is 13.9. The van der Waals surface area contributed by atoms with Crippen molar-refractivity contribution in [2.24, 2.45) is 0 Å². The summed E-state index contributed by atoms with van der Waals surface area (Å²) in [7, 11) is 0. The second-order valence-corrected chi connectivity index (χ2v) is 3.85. The Kier molecular flexibility index (Phi) is 3.03. The maximum absolute atomic E-state index is 8.83. The fourth-order valence-electron chi connectivity index (χ4n) is 1.69. The second-order valence-electron chi connectivity index (χ2n) is 3.85. The summed E-state index contributed by atoms with van der Waals surface area (Å²) in [5, 5.41) is 17.4. The molecule has 0 aromatic carbocycles. The van der Waals surface area contributed by atoms with Crippen LogP contribution in [-0.4, -0.2) is 17.6 Å². The number of nitriles is 2. The fraction of sp³-hybridized carbons (Fsp3) is 0.417. The molecule has 2 rings (SSSR count). The number of hydrogen-bond acceptors (Lipinski definition) is 4. The molecule has 1 aromatic heterocycles. The first-order valence-electron chi connectivity index (χ1n) is 5.35. The molecule has 0 unspecified atom stereocenters. The van der Waals surface area contributed by atoms with E-state index < -0.39 is 0 Å². The first-order chi connectivity index (χ1) is 7.85. The standard InChI is InChI=1S/C12H12N4/c13-5-1-7-16(11-2-3-11)12-8-10(9-14)4-6-15-12/h4,6,8,11H,1-3,7H2. The van der Waals surface area contributed by atoms with Crippen LogP contribution in [0.3, 0.4) is 0 Å². The Labute approximate surface area is 94.7 Å². The third-order valence-electron chi connectivity index (χ3n) is 2.62. The summed E-state index contributed by atoms with van der Waals surface area (Å²) in [4.78, 5) is 6.40. The van der Waals surface area contributed by atoms with E-state index in [2.05, 4.69) is 22.0 Å². The number of anilines is 1. The predicted molar refractivity (Wildman–Crippen MR) is 59.6 cm³/mol. The smallest absolute Gasteiger partial charge is 0.130 e. The quantitative estimate of drug-likeness (QED) is 0.763. The van der Waals surface area contributed by atoms with Gasteiger partial charge in [-0.3, -0.25) is 0 Å². The molecule has 0 spiro atoms. The van der Waals surface area contributed by atoms with Gasteiger partial charge in [-0.15, -0.1) is 0 Å². The average molecular weight is 212 g/mol.